The maximum Gasteiger partial charge on any atom is 0.0775 e. The van der Waals surface area contributed by atoms with E-state index in [9.17, 15) is 0 Å². The van der Waals surface area contributed by atoms with Crippen LogP contribution < -0.4 is 15.0 Å². The second-order valence-electron chi connectivity index (χ2n) is 16.7. The summed E-state index contributed by atoms with van der Waals surface area (Å²) in [5.41, 5.74) is 17.0. The molecule has 9 rings (SSSR count). The van der Waals surface area contributed by atoms with Crippen LogP contribution in [0.5, 0.6) is 0 Å². The Morgan fingerprint density at radius 3 is 1.25 bits per heavy atom. The minimum Gasteiger partial charge on any atom is -0.311 e. The number of fused-ring (bicyclic) bond motifs is 3. The monoisotopic (exact) mass is 752 g/mol. The molecule has 2 nitrogen and oxygen atoms in total. The normalized spacial score (nSPS) is 12.8. The van der Waals surface area contributed by atoms with Gasteiger partial charge in [0.05, 0.1) is 13.8 Å². The Morgan fingerprint density at radius 2 is 0.737 bits per heavy atom. The molecule has 0 aromatic heterocycles. The molecule has 8 aromatic rings. The lowest BCUT2D eigenvalue weighted by Crippen LogP contribution is -2.37. The van der Waals surface area contributed by atoms with Gasteiger partial charge < -0.3 is 9.80 Å². The number of anilines is 6. The van der Waals surface area contributed by atoms with Gasteiger partial charge in [0.25, 0.3) is 0 Å². The minimum absolute atomic E-state index is 0.127. The first-order valence-electron chi connectivity index (χ1n) is 20.0. The van der Waals surface area contributed by atoms with Gasteiger partial charge >= 0.3 is 0 Å². The van der Waals surface area contributed by atoms with Crippen molar-refractivity contribution in [2.45, 2.75) is 38.9 Å². The van der Waals surface area contributed by atoms with E-state index < -0.39 is 8.07 Å². The Bertz CT molecular complexity index is 2640. The fourth-order valence-corrected chi connectivity index (χ4v) is 9.77. The van der Waals surface area contributed by atoms with Gasteiger partial charge in [-0.25, -0.2) is 0 Å². The lowest BCUT2D eigenvalue weighted by molar-refractivity contribution is 0.661. The summed E-state index contributed by atoms with van der Waals surface area (Å²) in [6.07, 6.45) is 0. The van der Waals surface area contributed by atoms with Crippen molar-refractivity contribution in [3.8, 4) is 33.4 Å². The molecule has 0 bridgehead atoms. The zero-order valence-corrected chi connectivity index (χ0v) is 34.4. The summed E-state index contributed by atoms with van der Waals surface area (Å²) in [6, 6.07) is 73.2. The molecule has 0 saturated carbocycles. The molecule has 0 amide bonds. The van der Waals surface area contributed by atoms with E-state index in [-0.39, 0.29) is 5.41 Å². The fourth-order valence-electron chi connectivity index (χ4n) is 8.61. The molecule has 0 unspecified atom stereocenters. The molecule has 3 heteroatoms. The summed E-state index contributed by atoms with van der Waals surface area (Å²) in [5, 5.41) is 1.47. The summed E-state index contributed by atoms with van der Waals surface area (Å²) >= 11 is 0. The van der Waals surface area contributed by atoms with Crippen LogP contribution in [0, 0.1) is 0 Å². The molecule has 0 aliphatic heterocycles. The Labute approximate surface area is 339 Å². The highest BCUT2D eigenvalue weighted by molar-refractivity contribution is 6.88. The third kappa shape index (κ3) is 6.79. The second-order valence-corrected chi connectivity index (χ2v) is 21.8. The van der Waals surface area contributed by atoms with Crippen molar-refractivity contribution in [3.05, 3.63) is 211 Å². The molecule has 0 radical (unpaired) electrons. The summed E-state index contributed by atoms with van der Waals surface area (Å²) in [5.74, 6) is 0. The van der Waals surface area contributed by atoms with E-state index in [0.717, 1.165) is 22.7 Å². The van der Waals surface area contributed by atoms with Gasteiger partial charge in [-0.3, -0.25) is 0 Å². The Balaban J connectivity index is 0.992. The average Bonchev–Trinajstić information content (AvgIpc) is 3.49. The average molecular weight is 753 g/mol. The van der Waals surface area contributed by atoms with E-state index in [4.69, 9.17) is 0 Å². The summed E-state index contributed by atoms with van der Waals surface area (Å²) in [7, 11) is -1.39. The third-order valence-electron chi connectivity index (χ3n) is 11.6. The third-order valence-corrected chi connectivity index (χ3v) is 13.7. The summed E-state index contributed by atoms with van der Waals surface area (Å²) in [4.78, 5) is 4.76. The number of rotatable bonds is 9. The van der Waals surface area contributed by atoms with E-state index in [1.54, 1.807) is 0 Å². The molecule has 0 fully saturated rings. The van der Waals surface area contributed by atoms with Crippen molar-refractivity contribution in [2.75, 3.05) is 9.80 Å². The van der Waals surface area contributed by atoms with Crippen LogP contribution in [-0.4, -0.2) is 8.07 Å². The van der Waals surface area contributed by atoms with E-state index in [1.807, 2.05) is 0 Å². The molecule has 0 saturated heterocycles. The van der Waals surface area contributed by atoms with E-state index in [0.29, 0.717) is 0 Å². The predicted octanol–water partition coefficient (Wildman–Crippen LogP) is 14.8. The number of para-hydroxylation sites is 2. The molecule has 0 N–H and O–H groups in total. The molecule has 278 valence electrons. The van der Waals surface area contributed by atoms with Gasteiger partial charge in [0, 0.05) is 33.9 Å². The zero-order valence-electron chi connectivity index (χ0n) is 33.4. The molecule has 1 aliphatic rings. The van der Waals surface area contributed by atoms with E-state index >= 15 is 0 Å². The van der Waals surface area contributed by atoms with Gasteiger partial charge in [-0.05, 0) is 111 Å². The van der Waals surface area contributed by atoms with Crippen molar-refractivity contribution in [3.63, 3.8) is 0 Å². The Kier molecular flexibility index (Phi) is 9.27. The standard InChI is InChI=1S/C54H48N2Si/c1-54(2)51-21-13-12-19-49(51)50-20-14-22-52(53(50)54)56(44-17-10-7-11-18-44)47-33-29-42(30-34-47)40-25-23-39(24-26-40)41-27-31-45(32-28-41)55(43-15-8-6-9-16-43)46-35-37-48(38-36-46)57(3,4)5/h6-38H,1-5H3. The fraction of sp³-hybridized carbons (Fsp3) is 0.111. The number of nitrogens with zero attached hydrogens (tertiary/aromatic N) is 2. The molecular weight excluding hydrogens is 705 g/mol. The van der Waals surface area contributed by atoms with Gasteiger partial charge in [-0.1, -0.05) is 172 Å². The number of hydrogen-bond donors (Lipinski definition) is 0. The van der Waals surface area contributed by atoms with Gasteiger partial charge in [0.15, 0.2) is 0 Å². The van der Waals surface area contributed by atoms with Crippen LogP contribution in [0.25, 0.3) is 33.4 Å². The summed E-state index contributed by atoms with van der Waals surface area (Å²) < 4.78 is 0. The van der Waals surface area contributed by atoms with Crippen molar-refractivity contribution < 1.29 is 0 Å². The van der Waals surface area contributed by atoms with Gasteiger partial charge in [0.1, 0.15) is 0 Å². The molecule has 8 aromatic carbocycles. The first-order valence-corrected chi connectivity index (χ1v) is 23.5. The molecule has 0 heterocycles. The van der Waals surface area contributed by atoms with Crippen LogP contribution >= 0.6 is 0 Å². The largest absolute Gasteiger partial charge is 0.311 e. The van der Waals surface area contributed by atoms with E-state index in [1.165, 1.54) is 61.1 Å². The van der Waals surface area contributed by atoms with Gasteiger partial charge in [-0.2, -0.15) is 0 Å². The van der Waals surface area contributed by atoms with Gasteiger partial charge in [-0.15, -0.1) is 0 Å². The lowest BCUT2D eigenvalue weighted by atomic mass is 9.81. The highest BCUT2D eigenvalue weighted by atomic mass is 28.3. The zero-order chi connectivity index (χ0) is 39.1. The van der Waals surface area contributed by atoms with Crippen LogP contribution in [0.1, 0.15) is 25.0 Å². The van der Waals surface area contributed by atoms with E-state index in [2.05, 4.69) is 243 Å². The smallest absolute Gasteiger partial charge is 0.0775 e. The molecule has 57 heavy (non-hydrogen) atoms. The molecule has 0 atom stereocenters. The van der Waals surface area contributed by atoms with Crippen LogP contribution in [0.15, 0.2) is 200 Å². The first-order chi connectivity index (χ1) is 27.7. The molecule has 1 aliphatic carbocycles. The number of benzene rings is 8. The quantitative estimate of drug-likeness (QED) is 0.136. The van der Waals surface area contributed by atoms with Crippen LogP contribution in [0.3, 0.4) is 0 Å². The SMILES string of the molecule is CC1(C)c2ccccc2-c2cccc(N(c3ccccc3)c3ccc(-c4ccc(-c5ccc(N(c6ccccc6)c6ccc([Si](C)(C)C)cc6)cc5)cc4)cc3)c21. The Hall–Kier alpha value is -6.42. The topological polar surface area (TPSA) is 6.48 Å². The minimum atomic E-state index is -1.39. The van der Waals surface area contributed by atoms with Crippen LogP contribution in [0.2, 0.25) is 19.6 Å². The van der Waals surface area contributed by atoms with Crippen LogP contribution in [-0.2, 0) is 5.41 Å². The molecular formula is C54H48N2Si. The second kappa shape index (κ2) is 14.6. The first kappa shape index (κ1) is 36.2. The summed E-state index contributed by atoms with van der Waals surface area (Å²) in [6.45, 7) is 11.9. The maximum absolute atomic E-state index is 2.42. The van der Waals surface area contributed by atoms with Gasteiger partial charge in [0.2, 0.25) is 0 Å². The van der Waals surface area contributed by atoms with Crippen molar-refractivity contribution in [1.82, 2.24) is 0 Å². The highest BCUT2D eigenvalue weighted by Crippen LogP contribution is 2.54. The van der Waals surface area contributed by atoms with Crippen molar-refractivity contribution >= 4 is 47.4 Å². The number of hydrogen-bond acceptors (Lipinski definition) is 2. The van der Waals surface area contributed by atoms with Crippen molar-refractivity contribution in [1.29, 1.82) is 0 Å². The highest BCUT2D eigenvalue weighted by Gasteiger charge is 2.38. The maximum atomic E-state index is 2.42. The predicted molar refractivity (Wildman–Crippen MR) is 247 cm³/mol. The lowest BCUT2D eigenvalue weighted by Gasteiger charge is -2.32. The van der Waals surface area contributed by atoms with Crippen molar-refractivity contribution in [2.24, 2.45) is 0 Å². The Morgan fingerprint density at radius 1 is 0.351 bits per heavy atom. The van der Waals surface area contributed by atoms with Crippen LogP contribution in [0.4, 0.5) is 34.1 Å². The molecule has 0 spiro atoms.